The summed E-state index contributed by atoms with van der Waals surface area (Å²) in [6.45, 7) is 7.99. The van der Waals surface area contributed by atoms with Crippen molar-refractivity contribution in [3.8, 4) is 0 Å². The first-order valence-electron chi connectivity index (χ1n) is 8.66. The van der Waals surface area contributed by atoms with Crippen molar-refractivity contribution in [1.29, 1.82) is 0 Å². The van der Waals surface area contributed by atoms with E-state index < -0.39 is 0 Å². The van der Waals surface area contributed by atoms with Crippen LogP contribution in [0.3, 0.4) is 0 Å². The predicted molar refractivity (Wildman–Crippen MR) is 92.3 cm³/mol. The Morgan fingerprint density at radius 2 is 1.42 bits per heavy atom. The highest BCUT2D eigenvalue weighted by atomic mass is 32.2. The molecule has 0 amide bonds. The van der Waals surface area contributed by atoms with Crippen molar-refractivity contribution in [3.63, 3.8) is 0 Å². The van der Waals surface area contributed by atoms with Gasteiger partial charge in [-0.2, -0.15) is 11.8 Å². The number of rotatable bonds is 15. The highest BCUT2D eigenvalue weighted by molar-refractivity contribution is 7.99. The van der Waals surface area contributed by atoms with E-state index in [0.29, 0.717) is 0 Å². The third kappa shape index (κ3) is 14.5. The normalized spacial score (nSPS) is 12.8. The molecule has 0 aromatic heterocycles. The zero-order valence-electron chi connectivity index (χ0n) is 13.7. The fourth-order valence-corrected chi connectivity index (χ4v) is 3.18. The summed E-state index contributed by atoms with van der Waals surface area (Å²) in [4.78, 5) is 0. The molecular formula is C17H37NS. The van der Waals surface area contributed by atoms with Crippen molar-refractivity contribution in [1.82, 2.24) is 5.32 Å². The molecule has 1 atom stereocenters. The summed E-state index contributed by atoms with van der Waals surface area (Å²) < 4.78 is 0. The minimum Gasteiger partial charge on any atom is -0.313 e. The van der Waals surface area contributed by atoms with Gasteiger partial charge < -0.3 is 5.32 Å². The number of nitrogens with one attached hydrogen (secondary N) is 1. The van der Waals surface area contributed by atoms with Crippen LogP contribution in [0.25, 0.3) is 0 Å². The fraction of sp³-hybridized carbons (Fsp3) is 1.00. The van der Waals surface area contributed by atoms with Gasteiger partial charge in [0.05, 0.1) is 0 Å². The summed E-state index contributed by atoms with van der Waals surface area (Å²) >= 11 is 2.08. The van der Waals surface area contributed by atoms with Gasteiger partial charge in [-0.25, -0.2) is 0 Å². The van der Waals surface area contributed by atoms with Gasteiger partial charge in [0.25, 0.3) is 0 Å². The summed E-state index contributed by atoms with van der Waals surface area (Å²) in [5.74, 6) is 2.55. The maximum atomic E-state index is 3.70. The van der Waals surface area contributed by atoms with E-state index in [1.54, 1.807) is 0 Å². The standard InChI is InChI=1S/C17H37NS/c1-4-7-8-9-10-11-12-13-14-17(16-19-6-3)18-15-5-2/h17-18H,4-16H2,1-3H3. The van der Waals surface area contributed by atoms with Gasteiger partial charge >= 0.3 is 0 Å². The Bertz CT molecular complexity index is 153. The molecule has 1 unspecified atom stereocenters. The van der Waals surface area contributed by atoms with Gasteiger partial charge in [-0.15, -0.1) is 0 Å². The smallest absolute Gasteiger partial charge is 0.0158 e. The lowest BCUT2D eigenvalue weighted by Gasteiger charge is -2.17. The zero-order chi connectivity index (χ0) is 14.2. The van der Waals surface area contributed by atoms with Crippen LogP contribution in [0.2, 0.25) is 0 Å². The Morgan fingerprint density at radius 3 is 2.00 bits per heavy atom. The Hall–Kier alpha value is 0.310. The third-order valence-electron chi connectivity index (χ3n) is 3.61. The van der Waals surface area contributed by atoms with E-state index in [-0.39, 0.29) is 0 Å². The molecule has 0 fully saturated rings. The van der Waals surface area contributed by atoms with Gasteiger partial charge in [-0.3, -0.25) is 0 Å². The summed E-state index contributed by atoms with van der Waals surface area (Å²) in [6.07, 6.45) is 14.1. The van der Waals surface area contributed by atoms with E-state index >= 15 is 0 Å². The SMILES string of the molecule is CCCCCCCCCCC(CSCC)NCCC. The molecule has 0 aromatic rings. The second-order valence-corrected chi connectivity index (χ2v) is 6.89. The van der Waals surface area contributed by atoms with Crippen LogP contribution in [-0.4, -0.2) is 24.1 Å². The van der Waals surface area contributed by atoms with Crippen LogP contribution in [0.4, 0.5) is 0 Å². The Morgan fingerprint density at radius 1 is 0.789 bits per heavy atom. The molecular weight excluding hydrogens is 250 g/mol. The van der Waals surface area contributed by atoms with Crippen LogP contribution in [0, 0.1) is 0 Å². The molecule has 0 radical (unpaired) electrons. The number of thioether (sulfide) groups is 1. The molecule has 0 heterocycles. The monoisotopic (exact) mass is 287 g/mol. The largest absolute Gasteiger partial charge is 0.313 e. The van der Waals surface area contributed by atoms with Crippen molar-refractivity contribution >= 4 is 11.8 Å². The second-order valence-electron chi connectivity index (χ2n) is 5.57. The molecule has 1 nitrogen and oxygen atoms in total. The molecule has 0 saturated heterocycles. The summed E-state index contributed by atoms with van der Waals surface area (Å²) in [5.41, 5.74) is 0. The first-order valence-corrected chi connectivity index (χ1v) is 9.81. The van der Waals surface area contributed by atoms with E-state index in [0.717, 1.165) is 6.04 Å². The van der Waals surface area contributed by atoms with Crippen LogP contribution in [0.15, 0.2) is 0 Å². The maximum absolute atomic E-state index is 3.70. The molecule has 0 aliphatic rings. The maximum Gasteiger partial charge on any atom is 0.0158 e. The Balaban J connectivity index is 3.40. The molecule has 0 aliphatic carbocycles. The minimum atomic E-state index is 0.755. The number of unbranched alkanes of at least 4 members (excludes halogenated alkanes) is 7. The Kier molecular flexibility index (Phi) is 16.6. The summed E-state index contributed by atoms with van der Waals surface area (Å²) in [6, 6.07) is 0.755. The van der Waals surface area contributed by atoms with Crippen LogP contribution >= 0.6 is 11.8 Å². The molecule has 0 aromatic carbocycles. The molecule has 116 valence electrons. The van der Waals surface area contributed by atoms with E-state index in [1.165, 1.54) is 82.3 Å². The van der Waals surface area contributed by atoms with Crippen molar-refractivity contribution in [2.24, 2.45) is 0 Å². The van der Waals surface area contributed by atoms with E-state index in [1.807, 2.05) is 0 Å². The molecule has 2 heteroatoms. The van der Waals surface area contributed by atoms with E-state index in [2.05, 4.69) is 37.8 Å². The minimum absolute atomic E-state index is 0.755. The average molecular weight is 288 g/mol. The number of hydrogen-bond acceptors (Lipinski definition) is 2. The molecule has 0 spiro atoms. The molecule has 0 saturated carbocycles. The van der Waals surface area contributed by atoms with Gasteiger partial charge in [0.2, 0.25) is 0 Å². The highest BCUT2D eigenvalue weighted by Gasteiger charge is 2.06. The van der Waals surface area contributed by atoms with Crippen molar-refractivity contribution in [3.05, 3.63) is 0 Å². The van der Waals surface area contributed by atoms with Gasteiger partial charge in [-0.1, -0.05) is 72.1 Å². The summed E-state index contributed by atoms with van der Waals surface area (Å²) in [7, 11) is 0. The van der Waals surface area contributed by atoms with Crippen molar-refractivity contribution < 1.29 is 0 Å². The van der Waals surface area contributed by atoms with Crippen LogP contribution in [-0.2, 0) is 0 Å². The third-order valence-corrected chi connectivity index (χ3v) is 4.66. The molecule has 0 bridgehead atoms. The molecule has 0 aliphatic heterocycles. The first kappa shape index (κ1) is 19.3. The summed E-state index contributed by atoms with van der Waals surface area (Å²) in [5, 5.41) is 3.70. The molecule has 0 rings (SSSR count). The van der Waals surface area contributed by atoms with Gasteiger partial charge in [0.15, 0.2) is 0 Å². The average Bonchev–Trinajstić information content (AvgIpc) is 2.43. The molecule has 19 heavy (non-hydrogen) atoms. The second kappa shape index (κ2) is 16.4. The number of hydrogen-bond donors (Lipinski definition) is 1. The van der Waals surface area contributed by atoms with Crippen molar-refractivity contribution in [2.75, 3.05) is 18.1 Å². The lowest BCUT2D eigenvalue weighted by Crippen LogP contribution is -2.32. The lowest BCUT2D eigenvalue weighted by molar-refractivity contribution is 0.481. The van der Waals surface area contributed by atoms with E-state index in [9.17, 15) is 0 Å². The van der Waals surface area contributed by atoms with Gasteiger partial charge in [0, 0.05) is 11.8 Å². The first-order chi connectivity index (χ1) is 9.35. The van der Waals surface area contributed by atoms with Crippen molar-refractivity contribution in [2.45, 2.75) is 91.0 Å². The van der Waals surface area contributed by atoms with E-state index in [4.69, 9.17) is 0 Å². The lowest BCUT2D eigenvalue weighted by atomic mass is 10.1. The van der Waals surface area contributed by atoms with Crippen LogP contribution in [0.1, 0.15) is 85.0 Å². The van der Waals surface area contributed by atoms with Gasteiger partial charge in [0.1, 0.15) is 0 Å². The topological polar surface area (TPSA) is 12.0 Å². The zero-order valence-corrected chi connectivity index (χ0v) is 14.5. The fourth-order valence-electron chi connectivity index (χ4n) is 2.38. The predicted octanol–water partition coefficient (Wildman–Crippen LogP) is 5.64. The molecule has 1 N–H and O–H groups in total. The van der Waals surface area contributed by atoms with Gasteiger partial charge in [-0.05, 0) is 25.1 Å². The van der Waals surface area contributed by atoms with Crippen LogP contribution < -0.4 is 5.32 Å². The highest BCUT2D eigenvalue weighted by Crippen LogP contribution is 2.13. The quantitative estimate of drug-likeness (QED) is 0.391. The Labute approximate surface area is 126 Å². The van der Waals surface area contributed by atoms with Crippen LogP contribution in [0.5, 0.6) is 0 Å².